The molecule has 2 aromatic rings. The third-order valence-electron chi connectivity index (χ3n) is 5.26. The Balaban J connectivity index is 1.70. The van der Waals surface area contributed by atoms with Crippen molar-refractivity contribution < 1.29 is 14.3 Å². The van der Waals surface area contributed by atoms with E-state index in [9.17, 15) is 9.59 Å². The molecule has 142 valence electrons. The zero-order chi connectivity index (χ0) is 19.2. The van der Waals surface area contributed by atoms with Crippen LogP contribution in [-0.2, 0) is 9.53 Å². The van der Waals surface area contributed by atoms with Gasteiger partial charge in [0.05, 0.1) is 5.56 Å². The smallest absolute Gasteiger partial charge is 0.339 e. The Morgan fingerprint density at radius 2 is 1.81 bits per heavy atom. The minimum atomic E-state index is -0.454. The Bertz CT molecular complexity index is 798. The molecule has 4 nitrogen and oxygen atoms in total. The van der Waals surface area contributed by atoms with Crippen LogP contribution in [0.2, 0.25) is 0 Å². The summed E-state index contributed by atoms with van der Waals surface area (Å²) < 4.78 is 5.39. The molecule has 1 aliphatic heterocycles. The van der Waals surface area contributed by atoms with Crippen LogP contribution in [0.25, 0.3) is 11.1 Å². The molecular formula is C23H27NO3. The van der Waals surface area contributed by atoms with Gasteiger partial charge in [0, 0.05) is 12.6 Å². The van der Waals surface area contributed by atoms with Crippen molar-refractivity contribution in [2.75, 3.05) is 13.2 Å². The summed E-state index contributed by atoms with van der Waals surface area (Å²) in [5.74, 6) is -0.549. The van der Waals surface area contributed by atoms with E-state index in [-0.39, 0.29) is 18.6 Å². The Labute approximate surface area is 161 Å². The number of benzene rings is 2. The monoisotopic (exact) mass is 365 g/mol. The molecule has 1 unspecified atom stereocenters. The standard InChI is InChI=1S/C23H27NO3/c1-3-19-8-6-7-15-24(19)22(25)16-27-23(26)21-10-5-4-9-20(21)18-13-11-17(2)12-14-18/h4-5,9-14,19H,3,6-8,15-16H2,1-2H3. The Morgan fingerprint density at radius 3 is 2.56 bits per heavy atom. The second-order valence-electron chi connectivity index (χ2n) is 7.13. The van der Waals surface area contributed by atoms with Crippen LogP contribution in [0.1, 0.15) is 48.5 Å². The molecule has 0 spiro atoms. The molecule has 1 amide bonds. The minimum absolute atomic E-state index is 0.0947. The highest BCUT2D eigenvalue weighted by Crippen LogP contribution is 2.25. The van der Waals surface area contributed by atoms with E-state index >= 15 is 0 Å². The molecule has 1 heterocycles. The number of carbonyl (C=O) groups excluding carboxylic acids is 2. The highest BCUT2D eigenvalue weighted by Gasteiger charge is 2.26. The van der Waals surface area contributed by atoms with Gasteiger partial charge < -0.3 is 9.64 Å². The molecule has 2 aromatic carbocycles. The van der Waals surface area contributed by atoms with Crippen molar-refractivity contribution in [1.29, 1.82) is 0 Å². The average molecular weight is 365 g/mol. The van der Waals surface area contributed by atoms with Crippen LogP contribution in [0, 0.1) is 6.92 Å². The molecule has 3 rings (SSSR count). The van der Waals surface area contributed by atoms with E-state index in [1.165, 1.54) is 0 Å². The van der Waals surface area contributed by atoms with Gasteiger partial charge in [0.15, 0.2) is 6.61 Å². The zero-order valence-electron chi connectivity index (χ0n) is 16.1. The third kappa shape index (κ3) is 4.57. The number of amides is 1. The molecule has 27 heavy (non-hydrogen) atoms. The predicted molar refractivity (Wildman–Crippen MR) is 107 cm³/mol. The number of rotatable bonds is 5. The number of nitrogens with zero attached hydrogens (tertiary/aromatic N) is 1. The fourth-order valence-corrected chi connectivity index (χ4v) is 3.69. The minimum Gasteiger partial charge on any atom is -0.452 e. The zero-order valence-corrected chi connectivity index (χ0v) is 16.1. The first-order chi connectivity index (χ1) is 13.1. The molecule has 0 bridgehead atoms. The van der Waals surface area contributed by atoms with Crippen molar-refractivity contribution in [3.05, 3.63) is 59.7 Å². The predicted octanol–water partition coefficient (Wildman–Crippen LogP) is 4.61. The quantitative estimate of drug-likeness (QED) is 0.727. The Morgan fingerprint density at radius 1 is 1.07 bits per heavy atom. The molecule has 0 N–H and O–H groups in total. The van der Waals surface area contributed by atoms with E-state index in [0.717, 1.165) is 48.9 Å². The molecule has 4 heteroatoms. The first kappa shape index (κ1) is 19.2. The first-order valence-corrected chi connectivity index (χ1v) is 9.72. The summed E-state index contributed by atoms with van der Waals surface area (Å²) in [6.07, 6.45) is 4.15. The molecule has 0 aliphatic carbocycles. The van der Waals surface area contributed by atoms with Crippen molar-refractivity contribution in [1.82, 2.24) is 4.90 Å². The molecule has 0 radical (unpaired) electrons. The second kappa shape index (κ2) is 8.85. The maximum absolute atomic E-state index is 12.7. The largest absolute Gasteiger partial charge is 0.452 e. The van der Waals surface area contributed by atoms with E-state index in [4.69, 9.17) is 4.74 Å². The third-order valence-corrected chi connectivity index (χ3v) is 5.26. The molecule has 1 saturated heterocycles. The highest BCUT2D eigenvalue weighted by atomic mass is 16.5. The number of hydrogen-bond acceptors (Lipinski definition) is 3. The lowest BCUT2D eigenvalue weighted by molar-refractivity contribution is -0.138. The maximum atomic E-state index is 12.7. The van der Waals surface area contributed by atoms with E-state index in [0.29, 0.717) is 5.56 Å². The summed E-state index contributed by atoms with van der Waals surface area (Å²) in [4.78, 5) is 27.1. The summed E-state index contributed by atoms with van der Waals surface area (Å²) in [7, 11) is 0. The normalized spacial score (nSPS) is 16.8. The molecule has 1 fully saturated rings. The summed E-state index contributed by atoms with van der Waals surface area (Å²) in [5, 5.41) is 0. The molecular weight excluding hydrogens is 338 g/mol. The lowest BCUT2D eigenvalue weighted by atomic mass is 9.99. The van der Waals surface area contributed by atoms with Gasteiger partial charge in [0.25, 0.3) is 5.91 Å². The van der Waals surface area contributed by atoms with Crippen LogP contribution in [-0.4, -0.2) is 36.0 Å². The second-order valence-corrected chi connectivity index (χ2v) is 7.13. The summed E-state index contributed by atoms with van der Waals surface area (Å²) in [6.45, 7) is 4.69. The van der Waals surface area contributed by atoms with Crippen molar-refractivity contribution >= 4 is 11.9 Å². The summed E-state index contributed by atoms with van der Waals surface area (Å²) in [6, 6.07) is 15.6. The Hall–Kier alpha value is -2.62. The van der Waals surface area contributed by atoms with Crippen LogP contribution in [0.3, 0.4) is 0 Å². The van der Waals surface area contributed by atoms with Gasteiger partial charge in [-0.3, -0.25) is 4.79 Å². The molecule has 1 aliphatic rings. The van der Waals surface area contributed by atoms with E-state index < -0.39 is 5.97 Å². The fraction of sp³-hybridized carbons (Fsp3) is 0.391. The van der Waals surface area contributed by atoms with Gasteiger partial charge in [0.2, 0.25) is 0 Å². The number of hydrogen-bond donors (Lipinski definition) is 0. The average Bonchev–Trinajstić information content (AvgIpc) is 2.72. The van der Waals surface area contributed by atoms with Crippen LogP contribution < -0.4 is 0 Å². The number of piperidine rings is 1. The van der Waals surface area contributed by atoms with Crippen LogP contribution in [0.15, 0.2) is 48.5 Å². The van der Waals surface area contributed by atoms with Crippen LogP contribution in [0.4, 0.5) is 0 Å². The number of ether oxygens (including phenoxy) is 1. The van der Waals surface area contributed by atoms with E-state index in [1.807, 2.05) is 54.3 Å². The number of esters is 1. The van der Waals surface area contributed by atoms with Gasteiger partial charge in [-0.05, 0) is 49.8 Å². The topological polar surface area (TPSA) is 46.6 Å². The highest BCUT2D eigenvalue weighted by molar-refractivity contribution is 5.98. The van der Waals surface area contributed by atoms with Crippen molar-refractivity contribution in [3.63, 3.8) is 0 Å². The van der Waals surface area contributed by atoms with Crippen molar-refractivity contribution in [2.24, 2.45) is 0 Å². The molecule has 1 atom stereocenters. The maximum Gasteiger partial charge on any atom is 0.339 e. The van der Waals surface area contributed by atoms with Gasteiger partial charge in [-0.2, -0.15) is 0 Å². The number of likely N-dealkylation sites (tertiary alicyclic amines) is 1. The lowest BCUT2D eigenvalue weighted by Gasteiger charge is -2.35. The van der Waals surface area contributed by atoms with E-state index in [2.05, 4.69) is 6.92 Å². The number of carbonyl (C=O) groups is 2. The van der Waals surface area contributed by atoms with Gasteiger partial charge in [-0.1, -0.05) is 55.0 Å². The van der Waals surface area contributed by atoms with Crippen LogP contribution in [0.5, 0.6) is 0 Å². The van der Waals surface area contributed by atoms with Gasteiger partial charge >= 0.3 is 5.97 Å². The van der Waals surface area contributed by atoms with Gasteiger partial charge in [-0.15, -0.1) is 0 Å². The first-order valence-electron chi connectivity index (χ1n) is 9.72. The van der Waals surface area contributed by atoms with Crippen molar-refractivity contribution in [3.8, 4) is 11.1 Å². The fourth-order valence-electron chi connectivity index (χ4n) is 3.69. The lowest BCUT2D eigenvalue weighted by Crippen LogP contribution is -2.45. The Kier molecular flexibility index (Phi) is 6.28. The van der Waals surface area contributed by atoms with E-state index in [1.54, 1.807) is 6.07 Å². The van der Waals surface area contributed by atoms with Crippen molar-refractivity contribution in [2.45, 2.75) is 45.6 Å². The van der Waals surface area contributed by atoms with Gasteiger partial charge in [0.1, 0.15) is 0 Å². The summed E-state index contributed by atoms with van der Waals surface area (Å²) in [5.41, 5.74) is 3.43. The molecule has 0 aromatic heterocycles. The van der Waals surface area contributed by atoms with Gasteiger partial charge in [-0.25, -0.2) is 4.79 Å². The number of aryl methyl sites for hydroxylation is 1. The SMILES string of the molecule is CCC1CCCCN1C(=O)COC(=O)c1ccccc1-c1ccc(C)cc1. The summed E-state index contributed by atoms with van der Waals surface area (Å²) >= 11 is 0. The molecule has 0 saturated carbocycles. The van der Waals surface area contributed by atoms with Crippen LogP contribution >= 0.6 is 0 Å².